The van der Waals surface area contributed by atoms with Crippen LogP contribution in [0.4, 0.5) is 4.39 Å². The van der Waals surface area contributed by atoms with Crippen LogP contribution in [-0.2, 0) is 0 Å². The fourth-order valence-electron chi connectivity index (χ4n) is 2.83. The lowest BCUT2D eigenvalue weighted by atomic mass is 10.00. The van der Waals surface area contributed by atoms with E-state index in [4.69, 9.17) is 0 Å². The maximum Gasteiger partial charge on any atom is 0.203 e. The minimum Gasteiger partial charge on any atom is -0.508 e. The fraction of sp³-hybridized carbons (Fsp3) is 0.190. The second kappa shape index (κ2) is 6.45. The summed E-state index contributed by atoms with van der Waals surface area (Å²) < 4.78 is 13.6. The van der Waals surface area contributed by atoms with E-state index in [1.165, 1.54) is 34.1 Å². The molecule has 0 unspecified atom stereocenters. The van der Waals surface area contributed by atoms with E-state index in [9.17, 15) is 14.3 Å². The van der Waals surface area contributed by atoms with E-state index in [1.54, 1.807) is 13.0 Å². The molecule has 0 spiro atoms. The fourth-order valence-corrected chi connectivity index (χ4v) is 3.77. The number of rotatable bonds is 3. The Balaban J connectivity index is 2.01. The lowest BCUT2D eigenvalue weighted by molar-refractivity contribution is 0.104. The molecule has 25 heavy (non-hydrogen) atoms. The maximum absolute atomic E-state index is 13.6. The van der Waals surface area contributed by atoms with Crippen molar-refractivity contribution in [3.05, 3.63) is 74.9 Å². The Morgan fingerprint density at radius 2 is 1.60 bits per heavy atom. The van der Waals surface area contributed by atoms with E-state index < -0.39 is 5.82 Å². The van der Waals surface area contributed by atoms with Gasteiger partial charge >= 0.3 is 0 Å². The van der Waals surface area contributed by atoms with E-state index in [2.05, 4.69) is 32.9 Å². The van der Waals surface area contributed by atoms with E-state index in [1.807, 2.05) is 6.07 Å². The molecule has 3 aromatic rings. The molecule has 0 saturated heterocycles. The summed E-state index contributed by atoms with van der Waals surface area (Å²) in [4.78, 5) is 14.3. The van der Waals surface area contributed by atoms with E-state index in [0.717, 1.165) is 16.5 Å². The molecule has 0 aliphatic rings. The van der Waals surface area contributed by atoms with Gasteiger partial charge in [-0.05, 0) is 68.1 Å². The molecule has 0 fully saturated rings. The summed E-state index contributed by atoms with van der Waals surface area (Å²) in [5, 5.41) is 9.76. The van der Waals surface area contributed by atoms with E-state index in [0.29, 0.717) is 10.4 Å². The zero-order chi connectivity index (χ0) is 18.3. The number of hydrogen-bond donors (Lipinski definition) is 1. The van der Waals surface area contributed by atoms with Gasteiger partial charge in [-0.3, -0.25) is 4.79 Å². The molecule has 3 rings (SSSR count). The van der Waals surface area contributed by atoms with Gasteiger partial charge < -0.3 is 5.11 Å². The van der Waals surface area contributed by atoms with Crippen molar-refractivity contribution in [3.8, 4) is 16.2 Å². The third-order valence-corrected chi connectivity index (χ3v) is 5.76. The minimum atomic E-state index is -0.618. The summed E-state index contributed by atoms with van der Waals surface area (Å²) in [6.07, 6.45) is 0. The highest BCUT2D eigenvalue weighted by atomic mass is 32.1. The third-order valence-electron chi connectivity index (χ3n) is 4.63. The number of phenols is 1. The number of aryl methyl sites for hydroxylation is 2. The van der Waals surface area contributed by atoms with Crippen molar-refractivity contribution in [1.29, 1.82) is 0 Å². The first-order valence-electron chi connectivity index (χ1n) is 8.00. The highest BCUT2D eigenvalue weighted by Gasteiger charge is 2.18. The van der Waals surface area contributed by atoms with E-state index >= 15 is 0 Å². The van der Waals surface area contributed by atoms with Gasteiger partial charge in [0.1, 0.15) is 11.6 Å². The molecule has 0 amide bonds. The van der Waals surface area contributed by atoms with Crippen LogP contribution in [0.25, 0.3) is 10.4 Å². The lowest BCUT2D eigenvalue weighted by Gasteiger charge is -2.08. The molecule has 2 aromatic carbocycles. The van der Waals surface area contributed by atoms with Crippen LogP contribution < -0.4 is 0 Å². The van der Waals surface area contributed by atoms with Crippen molar-refractivity contribution in [1.82, 2.24) is 0 Å². The summed E-state index contributed by atoms with van der Waals surface area (Å²) in [5.74, 6) is -1.10. The molecular weight excluding hydrogens is 335 g/mol. The molecule has 1 aromatic heterocycles. The number of carbonyl (C=O) groups is 1. The molecule has 0 atom stereocenters. The standard InChI is InChI=1S/C21H19FO2S/c1-11-7-15(8-12(2)13(11)3)19-5-6-20(25-19)21(24)17-9-16(22)10-18(23)14(17)4/h5-10,23H,1-4H3. The zero-order valence-corrected chi connectivity index (χ0v) is 15.4. The minimum absolute atomic E-state index is 0.196. The number of hydrogen-bond acceptors (Lipinski definition) is 3. The Morgan fingerprint density at radius 3 is 2.24 bits per heavy atom. The molecule has 0 bridgehead atoms. The Hall–Kier alpha value is -2.46. The van der Waals surface area contributed by atoms with Gasteiger partial charge in [-0.2, -0.15) is 0 Å². The number of benzene rings is 2. The number of ketones is 1. The van der Waals surface area contributed by atoms with Crippen LogP contribution in [0.5, 0.6) is 5.75 Å². The number of aromatic hydroxyl groups is 1. The SMILES string of the molecule is Cc1cc(-c2ccc(C(=O)c3cc(F)cc(O)c3C)s2)cc(C)c1C. The van der Waals surface area contributed by atoms with Gasteiger partial charge in [-0.25, -0.2) is 4.39 Å². The molecule has 2 nitrogen and oxygen atoms in total. The van der Waals surface area contributed by atoms with Crippen LogP contribution in [0.2, 0.25) is 0 Å². The first kappa shape index (κ1) is 17.4. The molecular formula is C21H19FO2S. The van der Waals surface area contributed by atoms with Crippen molar-refractivity contribution in [2.24, 2.45) is 0 Å². The summed E-state index contributed by atoms with van der Waals surface area (Å²) in [7, 11) is 0. The van der Waals surface area contributed by atoms with Gasteiger partial charge in [0, 0.05) is 22.1 Å². The molecule has 128 valence electrons. The first-order chi connectivity index (χ1) is 11.8. The van der Waals surface area contributed by atoms with Crippen molar-refractivity contribution in [2.45, 2.75) is 27.7 Å². The van der Waals surface area contributed by atoms with Gasteiger partial charge in [0.15, 0.2) is 0 Å². The van der Waals surface area contributed by atoms with Crippen LogP contribution in [0, 0.1) is 33.5 Å². The average molecular weight is 354 g/mol. The van der Waals surface area contributed by atoms with E-state index in [-0.39, 0.29) is 17.1 Å². The Labute approximate surface area is 150 Å². The molecule has 4 heteroatoms. The van der Waals surface area contributed by atoms with Crippen LogP contribution in [0.15, 0.2) is 36.4 Å². The summed E-state index contributed by atoms with van der Waals surface area (Å²) >= 11 is 1.38. The molecule has 1 heterocycles. The summed E-state index contributed by atoms with van der Waals surface area (Å²) in [6.45, 7) is 7.86. The van der Waals surface area contributed by atoms with Crippen LogP contribution in [-0.4, -0.2) is 10.9 Å². The van der Waals surface area contributed by atoms with Gasteiger partial charge in [0.05, 0.1) is 4.88 Å². The first-order valence-corrected chi connectivity index (χ1v) is 8.81. The predicted molar refractivity (Wildman–Crippen MR) is 100 cm³/mol. The smallest absolute Gasteiger partial charge is 0.203 e. The predicted octanol–water partition coefficient (Wildman–Crippen LogP) is 5.72. The highest BCUT2D eigenvalue weighted by molar-refractivity contribution is 7.17. The monoisotopic (exact) mass is 354 g/mol. The molecule has 0 radical (unpaired) electrons. The van der Waals surface area contributed by atoms with Crippen molar-refractivity contribution in [2.75, 3.05) is 0 Å². The number of phenolic OH excluding ortho intramolecular Hbond substituents is 1. The highest BCUT2D eigenvalue weighted by Crippen LogP contribution is 2.33. The summed E-state index contributed by atoms with van der Waals surface area (Å²) in [5.41, 5.74) is 5.35. The van der Waals surface area contributed by atoms with Crippen LogP contribution in [0.1, 0.15) is 37.5 Å². The van der Waals surface area contributed by atoms with Crippen molar-refractivity contribution >= 4 is 17.1 Å². The van der Waals surface area contributed by atoms with Crippen LogP contribution >= 0.6 is 11.3 Å². The zero-order valence-electron chi connectivity index (χ0n) is 14.6. The molecule has 0 saturated carbocycles. The topological polar surface area (TPSA) is 37.3 Å². The quantitative estimate of drug-likeness (QED) is 0.610. The van der Waals surface area contributed by atoms with Gasteiger partial charge in [0.25, 0.3) is 0 Å². The average Bonchev–Trinajstić information content (AvgIpc) is 3.05. The van der Waals surface area contributed by atoms with Gasteiger partial charge in [-0.1, -0.05) is 12.1 Å². The second-order valence-corrected chi connectivity index (χ2v) is 7.41. The normalized spacial score (nSPS) is 10.9. The molecule has 1 N–H and O–H groups in total. The largest absolute Gasteiger partial charge is 0.508 e. The van der Waals surface area contributed by atoms with Gasteiger partial charge in [0.2, 0.25) is 5.78 Å². The maximum atomic E-state index is 13.6. The van der Waals surface area contributed by atoms with Gasteiger partial charge in [-0.15, -0.1) is 11.3 Å². The number of thiophene rings is 1. The third kappa shape index (κ3) is 3.22. The van der Waals surface area contributed by atoms with Crippen molar-refractivity contribution in [3.63, 3.8) is 0 Å². The summed E-state index contributed by atoms with van der Waals surface area (Å²) in [6, 6.07) is 10.1. The lowest BCUT2D eigenvalue weighted by Crippen LogP contribution is -2.02. The van der Waals surface area contributed by atoms with Crippen molar-refractivity contribution < 1.29 is 14.3 Å². The Kier molecular flexibility index (Phi) is 4.48. The number of halogens is 1. The van der Waals surface area contributed by atoms with Crippen LogP contribution in [0.3, 0.4) is 0 Å². The number of carbonyl (C=O) groups excluding carboxylic acids is 1. The molecule has 0 aliphatic heterocycles. The Morgan fingerprint density at radius 1 is 0.960 bits per heavy atom. The Bertz CT molecular complexity index is 963. The second-order valence-electron chi connectivity index (χ2n) is 6.33. The molecule has 0 aliphatic carbocycles.